The highest BCUT2D eigenvalue weighted by atomic mass is 28.3. The summed E-state index contributed by atoms with van der Waals surface area (Å²) in [4.78, 5) is 4.28. The van der Waals surface area contributed by atoms with Crippen LogP contribution in [0.1, 0.15) is 19.8 Å². The van der Waals surface area contributed by atoms with Crippen molar-refractivity contribution in [2.24, 2.45) is 0 Å². The molecule has 0 aliphatic carbocycles. The molecule has 40 heavy (non-hydrogen) atoms. The van der Waals surface area contributed by atoms with E-state index >= 15 is 0 Å². The summed E-state index contributed by atoms with van der Waals surface area (Å²) in [6, 6.07) is 44.4. The summed E-state index contributed by atoms with van der Waals surface area (Å²) in [6.45, 7) is 6.31. The fourth-order valence-corrected chi connectivity index (χ4v) is 10.1. The summed E-state index contributed by atoms with van der Waals surface area (Å²) in [5.74, 6) is 1.99. The standard InChI is InChI=1S/C22H26N2Si.C14H13B/c1-2-3-4-11-18-25(20-24-17-16-23-19-24,21-12-7-5-8-13-21)22-14-9-6-10-15-22;1-2-15(13-9-5-3-6-10-13)14-11-7-4-8-12-14/h2-3,5-10,12-17,19H,4,11,18,20H2,1H3;2-12H,1H2. The van der Waals surface area contributed by atoms with Gasteiger partial charge in [0.2, 0.25) is 6.71 Å². The van der Waals surface area contributed by atoms with Gasteiger partial charge in [-0.25, -0.2) is 4.98 Å². The van der Waals surface area contributed by atoms with Crippen molar-refractivity contribution < 1.29 is 0 Å². The van der Waals surface area contributed by atoms with E-state index < -0.39 is 8.07 Å². The second-order valence-corrected chi connectivity index (χ2v) is 14.2. The van der Waals surface area contributed by atoms with Crippen molar-refractivity contribution in [1.82, 2.24) is 9.55 Å². The van der Waals surface area contributed by atoms with Crippen molar-refractivity contribution >= 4 is 36.1 Å². The second kappa shape index (κ2) is 15.4. The number of benzene rings is 4. The molecule has 2 nitrogen and oxygen atoms in total. The van der Waals surface area contributed by atoms with E-state index in [-0.39, 0.29) is 0 Å². The molecule has 4 heteroatoms. The van der Waals surface area contributed by atoms with Gasteiger partial charge >= 0.3 is 0 Å². The summed E-state index contributed by atoms with van der Waals surface area (Å²) in [5.41, 5.74) is 2.58. The number of hydrogen-bond donors (Lipinski definition) is 0. The van der Waals surface area contributed by atoms with Crippen LogP contribution >= 0.6 is 0 Å². The summed E-state index contributed by atoms with van der Waals surface area (Å²) in [7, 11) is -1.91. The van der Waals surface area contributed by atoms with Crippen LogP contribution in [-0.4, -0.2) is 24.3 Å². The molecule has 5 rings (SSSR count). The molecule has 0 saturated heterocycles. The minimum atomic E-state index is -1.91. The lowest BCUT2D eigenvalue weighted by molar-refractivity contribution is 0.834. The van der Waals surface area contributed by atoms with E-state index in [1.54, 1.807) is 0 Å². The molecule has 0 saturated carbocycles. The molecular weight excluding hydrogens is 499 g/mol. The summed E-state index contributed by atoms with van der Waals surface area (Å²) < 4.78 is 2.27. The molecule has 0 amide bonds. The highest BCUT2D eigenvalue weighted by Gasteiger charge is 2.36. The van der Waals surface area contributed by atoms with Crippen molar-refractivity contribution in [2.45, 2.75) is 32.0 Å². The van der Waals surface area contributed by atoms with Crippen molar-refractivity contribution in [3.8, 4) is 0 Å². The Labute approximate surface area is 241 Å². The SMILES string of the molecule is C=CB(c1ccccc1)c1ccccc1.CC=CCCC[Si](Cn1ccnc1)(c1ccccc1)c1ccccc1. The lowest BCUT2D eigenvalue weighted by Gasteiger charge is -2.33. The zero-order chi connectivity index (χ0) is 27.9. The normalized spacial score (nSPS) is 11.0. The zero-order valence-corrected chi connectivity index (χ0v) is 24.5. The Morgan fingerprint density at radius 2 is 1.25 bits per heavy atom. The van der Waals surface area contributed by atoms with Gasteiger partial charge in [-0.05, 0) is 19.4 Å². The highest BCUT2D eigenvalue weighted by Crippen LogP contribution is 2.18. The van der Waals surface area contributed by atoms with E-state index in [4.69, 9.17) is 0 Å². The van der Waals surface area contributed by atoms with Crippen LogP contribution in [0, 0.1) is 0 Å². The lowest BCUT2D eigenvalue weighted by Crippen LogP contribution is -2.61. The molecule has 0 N–H and O–H groups in total. The van der Waals surface area contributed by atoms with E-state index in [0.29, 0.717) is 6.71 Å². The molecule has 4 aromatic carbocycles. The van der Waals surface area contributed by atoms with Crippen LogP contribution < -0.4 is 21.3 Å². The molecule has 0 unspecified atom stereocenters. The van der Waals surface area contributed by atoms with Crippen LogP contribution in [0.25, 0.3) is 0 Å². The van der Waals surface area contributed by atoms with E-state index in [1.165, 1.54) is 33.8 Å². The van der Waals surface area contributed by atoms with Crippen molar-refractivity contribution in [3.05, 3.63) is 165 Å². The molecule has 0 atom stereocenters. The Morgan fingerprint density at radius 1 is 0.750 bits per heavy atom. The Kier molecular flexibility index (Phi) is 11.1. The molecule has 0 bridgehead atoms. The van der Waals surface area contributed by atoms with Gasteiger partial charge in [0.15, 0.2) is 0 Å². The fourth-order valence-electron chi connectivity index (χ4n) is 5.40. The average molecular weight is 539 g/mol. The van der Waals surface area contributed by atoms with Crippen LogP contribution in [0.2, 0.25) is 6.04 Å². The van der Waals surface area contributed by atoms with Gasteiger partial charge in [0.25, 0.3) is 0 Å². The van der Waals surface area contributed by atoms with Gasteiger partial charge in [0, 0.05) is 18.6 Å². The minimum Gasteiger partial charge on any atom is -0.340 e. The molecule has 5 aromatic rings. The number of imidazole rings is 1. The number of unbranched alkanes of at least 4 members (excludes halogenated alkanes) is 1. The minimum absolute atomic E-state index is 0.299. The molecular formula is C36H39BN2Si. The maximum absolute atomic E-state index is 4.28. The predicted molar refractivity (Wildman–Crippen MR) is 177 cm³/mol. The first-order valence-corrected chi connectivity index (χ1v) is 16.6. The Hall–Kier alpha value is -4.15. The maximum atomic E-state index is 4.28. The smallest absolute Gasteiger partial charge is 0.233 e. The molecule has 0 fully saturated rings. The number of rotatable bonds is 11. The van der Waals surface area contributed by atoms with E-state index in [9.17, 15) is 0 Å². The summed E-state index contributed by atoms with van der Waals surface area (Å²) in [5, 5.41) is 3.02. The topological polar surface area (TPSA) is 17.8 Å². The fraction of sp³-hybridized carbons (Fsp3) is 0.139. The van der Waals surface area contributed by atoms with Gasteiger partial charge in [-0.1, -0.05) is 161 Å². The first-order chi connectivity index (χ1) is 19.8. The second-order valence-electron chi connectivity index (χ2n) is 10.0. The monoisotopic (exact) mass is 538 g/mol. The molecule has 0 aliphatic rings. The van der Waals surface area contributed by atoms with Crippen LogP contribution in [0.3, 0.4) is 0 Å². The average Bonchev–Trinajstić information content (AvgIpc) is 3.54. The first kappa shape index (κ1) is 28.8. The van der Waals surface area contributed by atoms with Crippen molar-refractivity contribution in [1.29, 1.82) is 0 Å². The number of nitrogens with zero attached hydrogens (tertiary/aromatic N) is 2. The third-order valence-corrected chi connectivity index (χ3v) is 12.4. The number of allylic oxidation sites excluding steroid dienone is 2. The molecule has 0 aliphatic heterocycles. The summed E-state index contributed by atoms with van der Waals surface area (Å²) >= 11 is 0. The third kappa shape index (κ3) is 7.71. The van der Waals surface area contributed by atoms with Crippen LogP contribution in [0.5, 0.6) is 0 Å². The molecule has 200 valence electrons. The largest absolute Gasteiger partial charge is 0.340 e. The molecule has 1 aromatic heterocycles. The van der Waals surface area contributed by atoms with Gasteiger partial charge in [-0.15, -0.1) is 12.6 Å². The van der Waals surface area contributed by atoms with Gasteiger partial charge in [0.1, 0.15) is 8.07 Å². The van der Waals surface area contributed by atoms with Gasteiger partial charge < -0.3 is 4.57 Å². The Balaban J connectivity index is 0.000000210. The van der Waals surface area contributed by atoms with Crippen LogP contribution in [0.4, 0.5) is 0 Å². The van der Waals surface area contributed by atoms with E-state index in [2.05, 4.69) is 151 Å². The van der Waals surface area contributed by atoms with E-state index in [0.717, 1.165) is 12.6 Å². The predicted octanol–water partition coefficient (Wildman–Crippen LogP) is 6.06. The van der Waals surface area contributed by atoms with Crippen molar-refractivity contribution in [3.63, 3.8) is 0 Å². The Bertz CT molecular complexity index is 1320. The molecule has 0 spiro atoms. The van der Waals surface area contributed by atoms with Crippen LogP contribution in [0.15, 0.2) is 165 Å². The van der Waals surface area contributed by atoms with E-state index in [1.807, 2.05) is 30.6 Å². The van der Waals surface area contributed by atoms with Gasteiger partial charge in [0.05, 0.1) is 6.33 Å². The summed E-state index contributed by atoms with van der Waals surface area (Å²) in [6.07, 6.45) is 13.8. The lowest BCUT2D eigenvalue weighted by atomic mass is 9.41. The van der Waals surface area contributed by atoms with Gasteiger partial charge in [-0.2, -0.15) is 0 Å². The van der Waals surface area contributed by atoms with Gasteiger partial charge in [-0.3, -0.25) is 0 Å². The molecule has 1 heterocycles. The molecule has 0 radical (unpaired) electrons. The highest BCUT2D eigenvalue weighted by molar-refractivity contribution is 7.01. The maximum Gasteiger partial charge on any atom is 0.233 e. The zero-order valence-electron chi connectivity index (χ0n) is 23.5. The Morgan fingerprint density at radius 3 is 1.68 bits per heavy atom. The van der Waals surface area contributed by atoms with Crippen LogP contribution in [-0.2, 0) is 6.17 Å². The number of hydrogen-bond acceptors (Lipinski definition) is 1. The van der Waals surface area contributed by atoms with Crippen molar-refractivity contribution in [2.75, 3.05) is 0 Å². The quantitative estimate of drug-likeness (QED) is 0.114. The third-order valence-electron chi connectivity index (χ3n) is 7.43. The first-order valence-electron chi connectivity index (χ1n) is 14.2. The number of aromatic nitrogens is 2.